The molecule has 9 nitrogen and oxygen atoms in total. The van der Waals surface area contributed by atoms with E-state index >= 15 is 4.79 Å². The molecule has 0 aliphatic carbocycles. The molecule has 2 fully saturated rings. The summed E-state index contributed by atoms with van der Waals surface area (Å²) in [6.07, 6.45) is 6.23. The predicted molar refractivity (Wildman–Crippen MR) is 228 cm³/mol. The largest absolute Gasteiger partial charge is 0.356 e. The third-order valence-corrected chi connectivity index (χ3v) is 12.9. The number of likely N-dealkylation sites (tertiary alicyclic amines) is 1. The third kappa shape index (κ3) is 9.79. The Bertz CT molecular complexity index is 2000. The number of piperidine rings is 2. The first-order chi connectivity index (χ1) is 27.7. The molecule has 6 rings (SSSR count). The summed E-state index contributed by atoms with van der Waals surface area (Å²) in [5.41, 5.74) is 3.76. The van der Waals surface area contributed by atoms with Crippen molar-refractivity contribution in [1.29, 1.82) is 0 Å². The topological polar surface area (TPSA) is 116 Å². The first-order valence-corrected chi connectivity index (χ1v) is 21.8. The Morgan fingerprint density at radius 3 is 2.33 bits per heavy atom. The molecule has 58 heavy (non-hydrogen) atoms. The number of halogens is 2. The van der Waals surface area contributed by atoms with E-state index in [0.717, 1.165) is 60.8 Å². The second kappa shape index (κ2) is 18.8. The summed E-state index contributed by atoms with van der Waals surface area (Å²) >= 11 is 13.0. The van der Waals surface area contributed by atoms with Crippen molar-refractivity contribution in [2.45, 2.75) is 129 Å². The molecular formula is C47H58Cl2N4O5. The molecule has 5 atom stereocenters. The zero-order chi connectivity index (χ0) is 41.7. The molecule has 3 aliphatic heterocycles. The first kappa shape index (κ1) is 43.4. The molecule has 0 bridgehead atoms. The average Bonchev–Trinajstić information content (AvgIpc) is 3.51. The maximum Gasteiger partial charge on any atom is 0.255 e. The molecule has 0 aromatic heterocycles. The van der Waals surface area contributed by atoms with Gasteiger partial charge in [0.05, 0.1) is 11.5 Å². The molecule has 0 spiro atoms. The molecule has 0 saturated carbocycles. The normalized spacial score (nSPS) is 22.7. The number of amides is 5. The van der Waals surface area contributed by atoms with Gasteiger partial charge in [0.1, 0.15) is 6.04 Å². The molecule has 310 valence electrons. The summed E-state index contributed by atoms with van der Waals surface area (Å²) in [6, 6.07) is 20.5. The summed E-state index contributed by atoms with van der Waals surface area (Å²) in [5, 5.41) is 6.77. The molecule has 0 radical (unpaired) electrons. The Kier molecular flexibility index (Phi) is 14.1. The monoisotopic (exact) mass is 828 g/mol. The number of unbranched alkanes of at least 4 members (excludes halogenated alkanes) is 2. The maximum absolute atomic E-state index is 15.1. The quantitative estimate of drug-likeness (QED) is 0.110. The first-order valence-electron chi connectivity index (χ1n) is 21.0. The second-order valence-electron chi connectivity index (χ2n) is 17.6. The summed E-state index contributed by atoms with van der Waals surface area (Å²) in [4.78, 5) is 70.1. The SMILES string of the molecule is CC(C)CC[C@H](C(C)C)N1C(=O)[C@@](C)(CC(=O)NCCCCCc2cccc3c2CN(C2CCC(=O)NC2=O)C3=O)C[C@H](c2cccc(Cl)c2)[C@H]1c1ccc(Cl)cc1. The van der Waals surface area contributed by atoms with E-state index in [1.165, 1.54) is 0 Å². The average molecular weight is 830 g/mol. The van der Waals surface area contributed by atoms with Crippen LogP contribution in [-0.4, -0.2) is 58.0 Å². The minimum absolute atomic E-state index is 0.00776. The lowest BCUT2D eigenvalue weighted by Crippen LogP contribution is -2.57. The smallest absolute Gasteiger partial charge is 0.255 e. The fraction of sp³-hybridized carbons (Fsp3) is 0.511. The molecule has 2 saturated heterocycles. The summed E-state index contributed by atoms with van der Waals surface area (Å²) in [7, 11) is 0. The molecular weight excluding hydrogens is 771 g/mol. The van der Waals surface area contributed by atoms with E-state index in [1.54, 1.807) is 4.90 Å². The molecule has 5 amide bonds. The second-order valence-corrected chi connectivity index (χ2v) is 18.5. The fourth-order valence-corrected chi connectivity index (χ4v) is 9.68. The minimum Gasteiger partial charge on any atom is -0.356 e. The third-order valence-electron chi connectivity index (χ3n) is 12.4. The van der Waals surface area contributed by atoms with Gasteiger partial charge in [-0.3, -0.25) is 29.3 Å². The number of hydrogen-bond acceptors (Lipinski definition) is 5. The van der Waals surface area contributed by atoms with Crippen molar-refractivity contribution >= 4 is 52.7 Å². The van der Waals surface area contributed by atoms with Gasteiger partial charge < -0.3 is 15.1 Å². The number of aryl methyl sites for hydroxylation is 1. The van der Waals surface area contributed by atoms with Crippen LogP contribution < -0.4 is 10.6 Å². The molecule has 3 aromatic carbocycles. The van der Waals surface area contributed by atoms with Crippen molar-refractivity contribution < 1.29 is 24.0 Å². The Morgan fingerprint density at radius 1 is 0.897 bits per heavy atom. The number of hydrogen-bond donors (Lipinski definition) is 2. The van der Waals surface area contributed by atoms with Gasteiger partial charge in [0.2, 0.25) is 23.6 Å². The van der Waals surface area contributed by atoms with Crippen molar-refractivity contribution in [2.75, 3.05) is 6.54 Å². The van der Waals surface area contributed by atoms with Crippen LogP contribution in [0.4, 0.5) is 0 Å². The van der Waals surface area contributed by atoms with Crippen LogP contribution in [-0.2, 0) is 32.1 Å². The maximum atomic E-state index is 15.1. The number of nitrogens with zero attached hydrogens (tertiary/aromatic N) is 2. The molecule has 11 heteroatoms. The van der Waals surface area contributed by atoms with E-state index in [2.05, 4.69) is 49.3 Å². The van der Waals surface area contributed by atoms with Crippen LogP contribution in [0.2, 0.25) is 10.0 Å². The van der Waals surface area contributed by atoms with E-state index in [0.29, 0.717) is 47.5 Å². The van der Waals surface area contributed by atoms with Gasteiger partial charge in [0.25, 0.3) is 5.91 Å². The van der Waals surface area contributed by atoms with Gasteiger partial charge in [-0.05, 0) is 109 Å². The van der Waals surface area contributed by atoms with Gasteiger partial charge >= 0.3 is 0 Å². The van der Waals surface area contributed by atoms with Crippen LogP contribution >= 0.6 is 23.2 Å². The Balaban J connectivity index is 1.12. The van der Waals surface area contributed by atoms with Crippen molar-refractivity contribution in [3.63, 3.8) is 0 Å². The summed E-state index contributed by atoms with van der Waals surface area (Å²) in [6.45, 7) is 11.6. The van der Waals surface area contributed by atoms with Crippen LogP contribution in [0, 0.1) is 17.3 Å². The summed E-state index contributed by atoms with van der Waals surface area (Å²) < 4.78 is 0. The van der Waals surface area contributed by atoms with Crippen LogP contribution in [0.15, 0.2) is 66.7 Å². The van der Waals surface area contributed by atoms with Crippen LogP contribution in [0.25, 0.3) is 0 Å². The van der Waals surface area contributed by atoms with Gasteiger partial charge in [-0.2, -0.15) is 0 Å². The van der Waals surface area contributed by atoms with Gasteiger partial charge in [-0.1, -0.05) is 101 Å². The number of carbonyl (C=O) groups is 5. The van der Waals surface area contributed by atoms with E-state index in [9.17, 15) is 19.2 Å². The molecule has 2 N–H and O–H groups in total. The van der Waals surface area contributed by atoms with Gasteiger partial charge in [0, 0.05) is 53.5 Å². The van der Waals surface area contributed by atoms with E-state index in [-0.39, 0.29) is 60.4 Å². The van der Waals surface area contributed by atoms with E-state index in [1.807, 2.05) is 67.6 Å². The van der Waals surface area contributed by atoms with Crippen molar-refractivity contribution in [3.8, 4) is 0 Å². The number of carbonyl (C=O) groups excluding carboxylic acids is 5. The highest BCUT2D eigenvalue weighted by molar-refractivity contribution is 6.30. The van der Waals surface area contributed by atoms with Gasteiger partial charge in [0.15, 0.2) is 0 Å². The van der Waals surface area contributed by atoms with Crippen molar-refractivity contribution in [2.24, 2.45) is 17.3 Å². The Hall–Kier alpha value is -4.21. The number of nitrogens with one attached hydrogen (secondary N) is 2. The Morgan fingerprint density at radius 2 is 1.64 bits per heavy atom. The Labute approximate surface area is 353 Å². The zero-order valence-electron chi connectivity index (χ0n) is 34.5. The van der Waals surface area contributed by atoms with Crippen LogP contribution in [0.3, 0.4) is 0 Å². The predicted octanol–water partition coefficient (Wildman–Crippen LogP) is 9.20. The number of benzene rings is 3. The molecule has 3 heterocycles. The van der Waals surface area contributed by atoms with Gasteiger partial charge in [-0.25, -0.2) is 0 Å². The van der Waals surface area contributed by atoms with E-state index < -0.39 is 17.4 Å². The fourth-order valence-electron chi connectivity index (χ4n) is 9.35. The minimum atomic E-state index is -0.947. The van der Waals surface area contributed by atoms with Crippen molar-refractivity contribution in [1.82, 2.24) is 20.4 Å². The molecule has 3 aromatic rings. The van der Waals surface area contributed by atoms with Crippen molar-refractivity contribution in [3.05, 3.63) is 105 Å². The molecule has 1 unspecified atom stereocenters. The van der Waals surface area contributed by atoms with E-state index in [4.69, 9.17) is 23.2 Å². The zero-order valence-corrected chi connectivity index (χ0v) is 36.0. The highest BCUT2D eigenvalue weighted by Gasteiger charge is 2.52. The summed E-state index contributed by atoms with van der Waals surface area (Å²) in [5.74, 6) is -0.457. The molecule has 3 aliphatic rings. The lowest BCUT2D eigenvalue weighted by Gasteiger charge is -2.53. The van der Waals surface area contributed by atoms with Gasteiger partial charge in [-0.15, -0.1) is 0 Å². The number of rotatable bonds is 16. The lowest BCUT2D eigenvalue weighted by atomic mass is 9.66. The highest BCUT2D eigenvalue weighted by Crippen LogP contribution is 2.53. The number of fused-ring (bicyclic) bond motifs is 1. The van der Waals surface area contributed by atoms with Crippen LogP contribution in [0.1, 0.15) is 137 Å². The lowest BCUT2D eigenvalue weighted by molar-refractivity contribution is -0.159. The number of imide groups is 1. The highest BCUT2D eigenvalue weighted by atomic mass is 35.5. The standard InChI is InChI=1S/C47H58Cl2N4O5/c1-29(2)16-21-39(30(3)4)53-43(32-17-19-34(48)20-18-32)37(33-13-9-14-35(49)25-33)26-47(5,46(53)58)27-42(55)50-24-8-6-7-11-31-12-10-15-36-38(31)28-52(45(36)57)40-22-23-41(54)51-44(40)56/h9-10,12-15,17-20,25,29-30,37,39-40,43H,6-8,11,16,21-24,26-28H2,1-5H3,(H,50,55)(H,51,54,56)/t37-,39-,40?,43-,47-/m1/s1. The van der Waals surface area contributed by atoms with Crippen LogP contribution in [0.5, 0.6) is 0 Å².